The number of pyridine rings is 1. The van der Waals surface area contributed by atoms with Gasteiger partial charge in [0, 0.05) is 49.0 Å². The average Bonchev–Trinajstić information content (AvgIpc) is 3.62. The molecule has 1 saturated carbocycles. The summed E-state index contributed by atoms with van der Waals surface area (Å²) < 4.78 is 53.3. The van der Waals surface area contributed by atoms with Crippen LogP contribution in [0.1, 0.15) is 58.7 Å². The molecule has 3 heterocycles. The maximum absolute atomic E-state index is 15.8. The molecule has 2 aromatic heterocycles. The molecule has 9 nitrogen and oxygen atoms in total. The molecule has 0 bridgehead atoms. The number of fused-ring (bicyclic) bond motifs is 1. The maximum atomic E-state index is 15.8. The van der Waals surface area contributed by atoms with E-state index in [-0.39, 0.29) is 69.8 Å². The van der Waals surface area contributed by atoms with Gasteiger partial charge in [0.15, 0.2) is 0 Å². The molecule has 1 saturated heterocycles. The van der Waals surface area contributed by atoms with Crippen LogP contribution in [0.5, 0.6) is 5.88 Å². The molecular weight excluding hydrogens is 623 g/mol. The minimum Gasteiger partial charge on any atom is -0.478 e. The van der Waals surface area contributed by atoms with Crippen molar-refractivity contribution in [3.05, 3.63) is 112 Å². The second kappa shape index (κ2) is 11.8. The lowest BCUT2D eigenvalue weighted by molar-refractivity contribution is -0.128. The van der Waals surface area contributed by atoms with Crippen LogP contribution >= 0.6 is 0 Å². The van der Waals surface area contributed by atoms with E-state index in [1.165, 1.54) is 43.3 Å². The van der Waals surface area contributed by atoms with E-state index < -0.39 is 23.4 Å². The zero-order valence-electron chi connectivity index (χ0n) is 25.7. The predicted molar refractivity (Wildman–Crippen MR) is 167 cm³/mol. The van der Waals surface area contributed by atoms with Crippen LogP contribution in [-0.2, 0) is 17.8 Å². The fraction of sp³-hybridized carbons (Fsp3) is 0.250. The third kappa shape index (κ3) is 5.61. The second-order valence-corrected chi connectivity index (χ2v) is 12.4. The van der Waals surface area contributed by atoms with E-state index in [0.29, 0.717) is 29.9 Å². The van der Waals surface area contributed by atoms with E-state index in [9.17, 15) is 19.1 Å². The van der Waals surface area contributed by atoms with Gasteiger partial charge in [0.25, 0.3) is 0 Å². The lowest BCUT2D eigenvalue weighted by Gasteiger charge is -2.22. The third-order valence-electron chi connectivity index (χ3n) is 9.31. The van der Waals surface area contributed by atoms with E-state index in [4.69, 9.17) is 15.0 Å². The molecule has 1 unspecified atom stereocenters. The molecule has 0 radical (unpaired) electrons. The van der Waals surface area contributed by atoms with E-state index in [2.05, 4.69) is 4.98 Å². The average molecular weight is 652 g/mol. The van der Waals surface area contributed by atoms with Gasteiger partial charge in [-0.25, -0.2) is 27.9 Å². The Morgan fingerprint density at radius 1 is 1.00 bits per heavy atom. The summed E-state index contributed by atoms with van der Waals surface area (Å²) in [6.45, 7) is 2.30. The number of rotatable bonds is 8. The number of halogens is 3. The van der Waals surface area contributed by atoms with Gasteiger partial charge in [-0.2, -0.15) is 5.26 Å². The highest BCUT2D eigenvalue weighted by atomic mass is 19.1. The molecule has 5 aromatic rings. The Morgan fingerprint density at radius 2 is 1.79 bits per heavy atom. The molecule has 1 atom stereocenters. The van der Waals surface area contributed by atoms with Gasteiger partial charge in [-0.05, 0) is 66.9 Å². The molecular formula is C36H28F3N5O4. The van der Waals surface area contributed by atoms with Crippen molar-refractivity contribution in [1.82, 2.24) is 19.4 Å². The number of imidazole rings is 1. The number of likely N-dealkylation sites (tertiary alicyclic amines) is 1. The molecule has 242 valence electrons. The van der Waals surface area contributed by atoms with Crippen molar-refractivity contribution in [2.45, 2.75) is 38.8 Å². The largest absolute Gasteiger partial charge is 0.478 e. The van der Waals surface area contributed by atoms with E-state index in [0.717, 1.165) is 31.0 Å². The van der Waals surface area contributed by atoms with E-state index in [1.54, 1.807) is 17.0 Å². The van der Waals surface area contributed by atoms with Crippen molar-refractivity contribution < 1.29 is 32.6 Å². The van der Waals surface area contributed by atoms with Crippen LogP contribution in [0.4, 0.5) is 13.2 Å². The Bertz CT molecular complexity index is 2170. The number of nitrogens with zero attached hydrogens (tertiary/aromatic N) is 5. The van der Waals surface area contributed by atoms with Crippen molar-refractivity contribution in [2.75, 3.05) is 13.1 Å². The first-order chi connectivity index (χ1) is 23.0. The van der Waals surface area contributed by atoms with Gasteiger partial charge in [-0.3, -0.25) is 4.79 Å². The first kappa shape index (κ1) is 30.9. The maximum Gasteiger partial charge on any atom is 0.335 e. The molecule has 1 aliphatic carbocycles. The topological polar surface area (TPSA) is 121 Å². The van der Waals surface area contributed by atoms with Crippen molar-refractivity contribution in [1.29, 1.82) is 5.26 Å². The van der Waals surface area contributed by atoms with Crippen LogP contribution in [0.3, 0.4) is 0 Å². The number of aromatic nitrogens is 3. The molecule has 2 fully saturated rings. The standard InChI is InChI=1S/C36H28F3N5O4/c1-20(45)43-17-32(36(19-43)9-10-36)44-31-13-22(35(46)47)7-8-30(31)41-33(44)14-24-12-28(39)25(15-27(24)38)29-3-2-4-34(42-29)48-18-23-6-5-21(16-40)11-26(23)37/h2-8,11-13,15,32H,9-10,14,17-19H2,1H3,(H,46,47). The van der Waals surface area contributed by atoms with Crippen molar-refractivity contribution in [3.63, 3.8) is 0 Å². The lowest BCUT2D eigenvalue weighted by Crippen LogP contribution is -2.26. The zero-order chi connectivity index (χ0) is 33.7. The number of nitriles is 1. The van der Waals surface area contributed by atoms with Crippen LogP contribution in [0.25, 0.3) is 22.3 Å². The Hall–Kier alpha value is -5.70. The summed E-state index contributed by atoms with van der Waals surface area (Å²) in [6.07, 6.45) is 1.68. The summed E-state index contributed by atoms with van der Waals surface area (Å²) in [5, 5.41) is 18.6. The minimum atomic E-state index is -1.10. The number of benzene rings is 3. The summed E-state index contributed by atoms with van der Waals surface area (Å²) in [6, 6.07) is 17.0. The normalized spacial score (nSPS) is 16.3. The molecule has 3 aromatic carbocycles. The predicted octanol–water partition coefficient (Wildman–Crippen LogP) is 6.44. The van der Waals surface area contributed by atoms with E-state index in [1.807, 2.05) is 10.6 Å². The van der Waals surface area contributed by atoms with Crippen LogP contribution < -0.4 is 4.74 Å². The van der Waals surface area contributed by atoms with Gasteiger partial charge >= 0.3 is 5.97 Å². The molecule has 1 amide bonds. The van der Waals surface area contributed by atoms with Crippen LogP contribution in [0, 0.1) is 34.2 Å². The Balaban J connectivity index is 1.20. The molecule has 2 aliphatic rings. The van der Waals surface area contributed by atoms with Crippen LogP contribution in [0.2, 0.25) is 0 Å². The van der Waals surface area contributed by atoms with Gasteiger partial charge in [0.05, 0.1) is 40.0 Å². The molecule has 1 spiro atoms. The zero-order valence-corrected chi connectivity index (χ0v) is 25.7. The molecule has 1 N–H and O–H groups in total. The lowest BCUT2D eigenvalue weighted by atomic mass is 9.99. The highest BCUT2D eigenvalue weighted by molar-refractivity contribution is 5.92. The second-order valence-electron chi connectivity index (χ2n) is 12.4. The summed E-state index contributed by atoms with van der Waals surface area (Å²) in [4.78, 5) is 35.0. The summed E-state index contributed by atoms with van der Waals surface area (Å²) in [5.74, 6) is -2.69. The smallest absolute Gasteiger partial charge is 0.335 e. The summed E-state index contributed by atoms with van der Waals surface area (Å²) in [5.41, 5.74) is 1.39. The number of carbonyl (C=O) groups excluding carboxylic acids is 1. The minimum absolute atomic E-state index is 0.0428. The number of ether oxygens (including phenoxy) is 1. The van der Waals surface area contributed by atoms with Crippen LogP contribution in [0.15, 0.2) is 66.7 Å². The molecule has 1 aliphatic heterocycles. The van der Waals surface area contributed by atoms with Gasteiger partial charge in [0.1, 0.15) is 29.9 Å². The van der Waals surface area contributed by atoms with Crippen molar-refractivity contribution >= 4 is 22.9 Å². The Morgan fingerprint density at radius 3 is 2.50 bits per heavy atom. The number of aromatic carboxylic acids is 1. The number of carboxylic acid groups (broad SMARTS) is 1. The number of carbonyl (C=O) groups is 2. The first-order valence-electron chi connectivity index (χ1n) is 15.3. The Labute approximate surface area is 272 Å². The number of hydrogen-bond donors (Lipinski definition) is 1. The quantitative estimate of drug-likeness (QED) is 0.205. The fourth-order valence-electron chi connectivity index (χ4n) is 6.57. The van der Waals surface area contributed by atoms with Crippen molar-refractivity contribution in [2.24, 2.45) is 5.41 Å². The van der Waals surface area contributed by atoms with Gasteiger partial charge in [-0.15, -0.1) is 0 Å². The van der Waals surface area contributed by atoms with E-state index >= 15 is 8.78 Å². The molecule has 12 heteroatoms. The van der Waals surface area contributed by atoms with Crippen LogP contribution in [-0.4, -0.2) is 49.5 Å². The highest BCUT2D eigenvalue weighted by Gasteiger charge is 2.57. The fourth-order valence-corrected chi connectivity index (χ4v) is 6.57. The molecule has 7 rings (SSSR count). The monoisotopic (exact) mass is 651 g/mol. The van der Waals surface area contributed by atoms with Crippen molar-refractivity contribution in [3.8, 4) is 23.2 Å². The summed E-state index contributed by atoms with van der Waals surface area (Å²) in [7, 11) is 0. The first-order valence-corrected chi connectivity index (χ1v) is 15.3. The number of amides is 1. The van der Waals surface area contributed by atoms with Gasteiger partial charge in [-0.1, -0.05) is 12.1 Å². The third-order valence-corrected chi connectivity index (χ3v) is 9.31. The number of hydrogen-bond acceptors (Lipinski definition) is 6. The Kier molecular flexibility index (Phi) is 7.62. The molecule has 48 heavy (non-hydrogen) atoms. The summed E-state index contributed by atoms with van der Waals surface area (Å²) >= 11 is 0. The SMILES string of the molecule is CC(=O)N1CC(n2c(Cc3cc(F)c(-c4cccc(OCc5ccc(C#N)cc5F)n4)cc3F)nc3ccc(C(=O)O)cc32)C2(CC2)C1. The van der Waals surface area contributed by atoms with Gasteiger partial charge in [0.2, 0.25) is 11.8 Å². The number of carboxylic acids is 1. The highest BCUT2D eigenvalue weighted by Crippen LogP contribution is 2.59. The van der Waals surface area contributed by atoms with Gasteiger partial charge < -0.3 is 19.3 Å².